The SMILES string of the molecule is O=C(c1cnc(Nc2ncc(F)c(-c3ccc4scnc4c3)n2)nc1)N1CCNCC1. The van der Waals surface area contributed by atoms with Crippen LogP contribution >= 0.6 is 11.3 Å². The molecule has 1 aliphatic rings. The number of nitrogens with zero attached hydrogens (tertiary/aromatic N) is 6. The Hall–Kier alpha value is -3.57. The first kappa shape index (κ1) is 19.4. The van der Waals surface area contributed by atoms with Gasteiger partial charge in [-0.2, -0.15) is 0 Å². The maximum atomic E-state index is 14.4. The number of hydrogen-bond donors (Lipinski definition) is 2. The smallest absolute Gasteiger partial charge is 0.257 e. The molecule has 0 spiro atoms. The molecule has 5 rings (SSSR count). The average Bonchev–Trinajstić information content (AvgIpc) is 3.29. The Bertz CT molecular complexity index is 1240. The van der Waals surface area contributed by atoms with Crippen molar-refractivity contribution in [2.75, 3.05) is 31.5 Å². The fourth-order valence-electron chi connectivity index (χ4n) is 3.29. The summed E-state index contributed by atoms with van der Waals surface area (Å²) in [5.74, 6) is -0.288. The van der Waals surface area contributed by atoms with Crippen molar-refractivity contribution in [3.63, 3.8) is 0 Å². The van der Waals surface area contributed by atoms with Crippen LogP contribution in [0.4, 0.5) is 16.3 Å². The number of carbonyl (C=O) groups excluding carboxylic acids is 1. The van der Waals surface area contributed by atoms with Gasteiger partial charge in [-0.05, 0) is 12.1 Å². The highest BCUT2D eigenvalue weighted by Gasteiger charge is 2.19. The second kappa shape index (κ2) is 8.28. The molecule has 0 bridgehead atoms. The molecule has 0 radical (unpaired) electrons. The van der Waals surface area contributed by atoms with Crippen LogP contribution in [-0.4, -0.2) is 61.9 Å². The molecule has 0 atom stereocenters. The van der Waals surface area contributed by atoms with Crippen molar-refractivity contribution in [2.24, 2.45) is 0 Å². The molecule has 0 unspecified atom stereocenters. The van der Waals surface area contributed by atoms with E-state index < -0.39 is 5.82 Å². The van der Waals surface area contributed by atoms with Gasteiger partial charge in [0, 0.05) is 44.1 Å². The predicted molar refractivity (Wildman–Crippen MR) is 115 cm³/mol. The minimum absolute atomic E-state index is 0.106. The summed E-state index contributed by atoms with van der Waals surface area (Å²) < 4.78 is 15.4. The Kier molecular flexibility index (Phi) is 5.18. The molecule has 3 aromatic heterocycles. The molecule has 1 amide bonds. The quantitative estimate of drug-likeness (QED) is 0.502. The Labute approximate surface area is 180 Å². The van der Waals surface area contributed by atoms with Crippen molar-refractivity contribution in [1.82, 2.24) is 35.1 Å². The van der Waals surface area contributed by atoms with Crippen LogP contribution in [0.15, 0.2) is 42.3 Å². The molecule has 4 heterocycles. The number of hydrogen-bond acceptors (Lipinski definition) is 9. The van der Waals surface area contributed by atoms with E-state index in [2.05, 4.69) is 35.6 Å². The Balaban J connectivity index is 1.35. The highest BCUT2D eigenvalue weighted by atomic mass is 32.1. The molecule has 4 aromatic rings. The summed E-state index contributed by atoms with van der Waals surface area (Å²) in [6.07, 6.45) is 4.01. The van der Waals surface area contributed by atoms with E-state index in [1.54, 1.807) is 22.5 Å². The molecule has 1 aliphatic heterocycles. The third kappa shape index (κ3) is 4.05. The lowest BCUT2D eigenvalue weighted by Gasteiger charge is -2.27. The van der Waals surface area contributed by atoms with Crippen LogP contribution in [0.3, 0.4) is 0 Å². The van der Waals surface area contributed by atoms with Crippen molar-refractivity contribution in [1.29, 1.82) is 0 Å². The second-order valence-corrected chi connectivity index (χ2v) is 7.77. The topological polar surface area (TPSA) is 109 Å². The molecular weight excluding hydrogens is 419 g/mol. The number of halogens is 1. The molecule has 11 heteroatoms. The van der Waals surface area contributed by atoms with Crippen LogP contribution in [0.2, 0.25) is 0 Å². The van der Waals surface area contributed by atoms with Gasteiger partial charge in [-0.25, -0.2) is 29.3 Å². The number of benzene rings is 1. The van der Waals surface area contributed by atoms with Crippen LogP contribution in [-0.2, 0) is 0 Å². The zero-order valence-electron chi connectivity index (χ0n) is 16.2. The summed E-state index contributed by atoms with van der Waals surface area (Å²) in [6.45, 7) is 2.84. The lowest BCUT2D eigenvalue weighted by Crippen LogP contribution is -2.46. The number of nitrogens with one attached hydrogen (secondary N) is 2. The average molecular weight is 436 g/mol. The number of piperazine rings is 1. The molecule has 2 N–H and O–H groups in total. The van der Waals surface area contributed by atoms with Crippen LogP contribution in [0.25, 0.3) is 21.5 Å². The molecule has 0 saturated carbocycles. The first-order valence-corrected chi connectivity index (χ1v) is 10.5. The molecule has 1 saturated heterocycles. The molecule has 156 valence electrons. The fourth-order valence-corrected chi connectivity index (χ4v) is 3.95. The van der Waals surface area contributed by atoms with E-state index >= 15 is 0 Å². The summed E-state index contributed by atoms with van der Waals surface area (Å²) in [4.78, 5) is 35.1. The monoisotopic (exact) mass is 436 g/mol. The van der Waals surface area contributed by atoms with Gasteiger partial charge in [-0.1, -0.05) is 6.07 Å². The van der Waals surface area contributed by atoms with E-state index in [0.717, 1.165) is 29.5 Å². The van der Waals surface area contributed by atoms with Crippen molar-refractivity contribution in [2.45, 2.75) is 0 Å². The number of fused-ring (bicyclic) bond motifs is 1. The minimum Gasteiger partial charge on any atom is -0.336 e. The molecule has 0 aliphatic carbocycles. The zero-order chi connectivity index (χ0) is 21.2. The van der Waals surface area contributed by atoms with Gasteiger partial charge < -0.3 is 10.2 Å². The third-order valence-electron chi connectivity index (χ3n) is 4.87. The lowest BCUT2D eigenvalue weighted by atomic mass is 10.1. The Morgan fingerprint density at radius 1 is 1.06 bits per heavy atom. The van der Waals surface area contributed by atoms with Gasteiger partial charge in [0.2, 0.25) is 11.9 Å². The third-order valence-corrected chi connectivity index (χ3v) is 5.68. The molecular formula is C20H17FN8OS. The maximum Gasteiger partial charge on any atom is 0.257 e. The number of anilines is 2. The number of rotatable bonds is 4. The van der Waals surface area contributed by atoms with Crippen LogP contribution in [0, 0.1) is 5.82 Å². The fraction of sp³-hybridized carbons (Fsp3) is 0.200. The second-order valence-electron chi connectivity index (χ2n) is 6.89. The minimum atomic E-state index is -0.544. The van der Waals surface area contributed by atoms with Crippen molar-refractivity contribution in [3.8, 4) is 11.3 Å². The van der Waals surface area contributed by atoms with Crippen molar-refractivity contribution in [3.05, 3.63) is 53.7 Å². The summed E-state index contributed by atoms with van der Waals surface area (Å²) in [7, 11) is 0. The number of amides is 1. The van der Waals surface area contributed by atoms with E-state index in [-0.39, 0.29) is 23.5 Å². The van der Waals surface area contributed by atoms with Gasteiger partial charge in [0.25, 0.3) is 5.91 Å². The number of aromatic nitrogens is 5. The number of thiazole rings is 1. The van der Waals surface area contributed by atoms with E-state index in [9.17, 15) is 9.18 Å². The van der Waals surface area contributed by atoms with Gasteiger partial charge in [0.1, 0.15) is 5.69 Å². The maximum absolute atomic E-state index is 14.4. The normalized spacial score (nSPS) is 14.0. The Morgan fingerprint density at radius 2 is 1.84 bits per heavy atom. The van der Waals surface area contributed by atoms with E-state index in [0.29, 0.717) is 24.2 Å². The largest absolute Gasteiger partial charge is 0.336 e. The highest BCUT2D eigenvalue weighted by molar-refractivity contribution is 7.16. The predicted octanol–water partition coefficient (Wildman–Crippen LogP) is 2.47. The van der Waals surface area contributed by atoms with Crippen LogP contribution in [0.1, 0.15) is 10.4 Å². The summed E-state index contributed by atoms with van der Waals surface area (Å²) >= 11 is 1.52. The summed E-state index contributed by atoms with van der Waals surface area (Å²) in [5.41, 5.74) is 3.68. The van der Waals surface area contributed by atoms with Gasteiger partial charge in [-0.3, -0.25) is 10.1 Å². The Morgan fingerprint density at radius 3 is 2.65 bits per heavy atom. The highest BCUT2D eigenvalue weighted by Crippen LogP contribution is 2.27. The summed E-state index contributed by atoms with van der Waals surface area (Å²) in [5, 5.41) is 6.07. The van der Waals surface area contributed by atoms with Gasteiger partial charge in [-0.15, -0.1) is 11.3 Å². The van der Waals surface area contributed by atoms with Crippen LogP contribution in [0.5, 0.6) is 0 Å². The van der Waals surface area contributed by atoms with Gasteiger partial charge in [0.05, 0.1) is 27.5 Å². The van der Waals surface area contributed by atoms with Crippen molar-refractivity contribution < 1.29 is 9.18 Å². The number of carbonyl (C=O) groups is 1. The standard InChI is InChI=1S/C20H17FN8OS/c21-14-10-25-20(27-17(14)12-1-2-16-15(7-12)26-11-31-16)28-19-23-8-13(9-24-19)18(30)29-5-3-22-4-6-29/h1-2,7-11,22H,3-6H2,(H,23,24,25,27,28). The molecule has 1 aromatic carbocycles. The van der Waals surface area contributed by atoms with E-state index in [1.807, 2.05) is 6.07 Å². The molecule has 1 fully saturated rings. The summed E-state index contributed by atoms with van der Waals surface area (Å²) in [6, 6.07) is 5.46. The van der Waals surface area contributed by atoms with Gasteiger partial charge in [0.15, 0.2) is 5.82 Å². The van der Waals surface area contributed by atoms with E-state index in [4.69, 9.17) is 0 Å². The molecule has 9 nitrogen and oxygen atoms in total. The van der Waals surface area contributed by atoms with Crippen molar-refractivity contribution >= 4 is 39.4 Å². The zero-order valence-corrected chi connectivity index (χ0v) is 17.1. The van der Waals surface area contributed by atoms with E-state index in [1.165, 1.54) is 23.7 Å². The van der Waals surface area contributed by atoms with Gasteiger partial charge >= 0.3 is 0 Å². The van der Waals surface area contributed by atoms with Crippen LogP contribution < -0.4 is 10.6 Å². The first-order chi connectivity index (χ1) is 15.2. The lowest BCUT2D eigenvalue weighted by molar-refractivity contribution is 0.0735. The molecule has 31 heavy (non-hydrogen) atoms. The first-order valence-electron chi connectivity index (χ1n) is 9.62.